The molecule has 0 saturated carbocycles. The van der Waals surface area contributed by atoms with Gasteiger partial charge in [0.15, 0.2) is 5.58 Å². The summed E-state index contributed by atoms with van der Waals surface area (Å²) in [4.78, 5) is 23.9. The molecule has 0 bridgehead atoms. The van der Waals surface area contributed by atoms with Crippen LogP contribution >= 0.6 is 0 Å². The van der Waals surface area contributed by atoms with Gasteiger partial charge in [0, 0.05) is 12.6 Å². The van der Waals surface area contributed by atoms with E-state index in [1.807, 2.05) is 0 Å². The number of sulfonamides is 1. The van der Waals surface area contributed by atoms with E-state index in [2.05, 4.69) is 0 Å². The van der Waals surface area contributed by atoms with Crippen LogP contribution in [0.25, 0.3) is 11.1 Å². The van der Waals surface area contributed by atoms with E-state index in [-0.39, 0.29) is 22.8 Å². The smallest absolute Gasteiger partial charge is 0.419 e. The average molecular weight is 418 g/mol. The van der Waals surface area contributed by atoms with Gasteiger partial charge in [-0.2, -0.15) is 0 Å². The molecule has 29 heavy (non-hydrogen) atoms. The molecule has 0 radical (unpaired) electrons. The third kappa shape index (κ3) is 3.05. The maximum atomic E-state index is 13.4. The van der Waals surface area contributed by atoms with Crippen LogP contribution in [0, 0.1) is 0 Å². The lowest BCUT2D eigenvalue weighted by molar-refractivity contribution is -0.148. The number of anilines is 1. The highest BCUT2D eigenvalue weighted by Crippen LogP contribution is 2.37. The molecule has 1 aliphatic rings. The largest absolute Gasteiger partial charge is 0.475 e. The first-order chi connectivity index (χ1) is 13.9. The number of carbonyl (C=O) groups excluding carboxylic acids is 1. The van der Waals surface area contributed by atoms with Crippen LogP contribution in [0.2, 0.25) is 0 Å². The highest BCUT2D eigenvalue weighted by atomic mass is 32.2. The summed E-state index contributed by atoms with van der Waals surface area (Å²) in [5.74, 6) is -0.983. The number of fused-ring (bicyclic) bond motifs is 2. The lowest BCUT2D eigenvalue weighted by Crippen LogP contribution is -2.47. The molecule has 0 aliphatic carbocycles. The van der Waals surface area contributed by atoms with Crippen LogP contribution in [0.15, 0.2) is 56.6 Å². The number of benzene rings is 2. The summed E-state index contributed by atoms with van der Waals surface area (Å²) in [7, 11) is -2.87. The van der Waals surface area contributed by atoms with Crippen LogP contribution in [-0.2, 0) is 26.1 Å². The number of ether oxygens (including phenoxy) is 2. The molecule has 1 aliphatic heterocycles. The zero-order valence-corrected chi connectivity index (χ0v) is 16.5. The second-order valence-electron chi connectivity index (χ2n) is 6.38. The number of aryl methyl sites for hydroxylation is 1. The zero-order valence-electron chi connectivity index (χ0n) is 15.7. The molecule has 0 saturated heterocycles. The number of methoxy groups -OCH3 is 1. The summed E-state index contributed by atoms with van der Waals surface area (Å²) >= 11 is 0. The molecule has 1 unspecified atom stereocenters. The minimum absolute atomic E-state index is 0.0673. The van der Waals surface area contributed by atoms with E-state index in [9.17, 15) is 18.0 Å². The van der Waals surface area contributed by atoms with E-state index >= 15 is 0 Å². The van der Waals surface area contributed by atoms with Crippen molar-refractivity contribution in [3.63, 3.8) is 0 Å². The Hall–Kier alpha value is -3.27. The number of nitrogens with zero attached hydrogens (tertiary/aromatic N) is 2. The Bertz CT molecular complexity index is 1260. The number of hydrogen-bond donors (Lipinski definition) is 0. The number of para-hydroxylation sites is 2. The molecule has 0 N–H and O–H groups in total. The Labute approximate surface area is 166 Å². The number of aromatic nitrogens is 1. The molecule has 152 valence electrons. The van der Waals surface area contributed by atoms with Gasteiger partial charge in [0.25, 0.3) is 10.0 Å². The van der Waals surface area contributed by atoms with Gasteiger partial charge in [0.05, 0.1) is 29.8 Å². The van der Waals surface area contributed by atoms with Crippen LogP contribution in [-0.4, -0.2) is 38.7 Å². The maximum Gasteiger partial charge on any atom is 0.419 e. The van der Waals surface area contributed by atoms with E-state index in [1.165, 1.54) is 29.9 Å². The molecular weight excluding hydrogens is 400 g/mol. The maximum absolute atomic E-state index is 13.4. The van der Waals surface area contributed by atoms with Gasteiger partial charge in [0.2, 0.25) is 6.10 Å². The number of hydrogen-bond acceptors (Lipinski definition) is 7. The van der Waals surface area contributed by atoms with Crippen molar-refractivity contribution in [2.45, 2.75) is 24.5 Å². The molecule has 2 aromatic carbocycles. The standard InChI is InChI=1S/C19H18N2O7S/c1-3-20-13-9-8-12(10-16(13)28-19(20)23)29(24,25)21-11-17(18(22)26-2)27-15-7-5-4-6-14(15)21/h4-10,17H,3,11H2,1-2H3. The molecular formula is C19H18N2O7S. The minimum Gasteiger partial charge on any atom is -0.475 e. The van der Waals surface area contributed by atoms with Crippen LogP contribution < -0.4 is 14.8 Å². The van der Waals surface area contributed by atoms with Crippen molar-refractivity contribution in [1.82, 2.24) is 4.57 Å². The number of oxazole rings is 1. The SMILES string of the molecule is CCn1c(=O)oc2cc(S(=O)(=O)N3CC(C(=O)OC)Oc4ccccc43)ccc21. The molecule has 3 aromatic rings. The molecule has 0 amide bonds. The summed E-state index contributed by atoms with van der Waals surface area (Å²) in [6, 6.07) is 10.8. The van der Waals surface area contributed by atoms with Crippen molar-refractivity contribution in [3.8, 4) is 5.75 Å². The highest BCUT2D eigenvalue weighted by molar-refractivity contribution is 7.92. The van der Waals surface area contributed by atoms with Crippen LogP contribution in [0.5, 0.6) is 5.75 Å². The molecule has 9 nitrogen and oxygen atoms in total. The van der Waals surface area contributed by atoms with E-state index in [0.717, 1.165) is 4.31 Å². The van der Waals surface area contributed by atoms with E-state index < -0.39 is 27.9 Å². The molecule has 2 heterocycles. The topological polar surface area (TPSA) is 108 Å². The Morgan fingerprint density at radius 2 is 2.00 bits per heavy atom. The number of esters is 1. The van der Waals surface area contributed by atoms with Gasteiger partial charge in [-0.05, 0) is 31.2 Å². The second-order valence-corrected chi connectivity index (χ2v) is 8.24. The zero-order chi connectivity index (χ0) is 20.8. The fourth-order valence-electron chi connectivity index (χ4n) is 3.32. The van der Waals surface area contributed by atoms with Crippen molar-refractivity contribution in [1.29, 1.82) is 0 Å². The highest BCUT2D eigenvalue weighted by Gasteiger charge is 2.38. The first-order valence-electron chi connectivity index (χ1n) is 8.86. The summed E-state index contributed by atoms with van der Waals surface area (Å²) in [6.45, 7) is 1.94. The fourth-order valence-corrected chi connectivity index (χ4v) is 4.81. The lowest BCUT2D eigenvalue weighted by atomic mass is 10.2. The average Bonchev–Trinajstić information content (AvgIpc) is 3.06. The van der Waals surface area contributed by atoms with Crippen molar-refractivity contribution in [3.05, 3.63) is 53.0 Å². The predicted molar refractivity (Wildman–Crippen MR) is 104 cm³/mol. The third-order valence-corrected chi connectivity index (χ3v) is 6.52. The van der Waals surface area contributed by atoms with Crippen LogP contribution in [0.1, 0.15) is 6.92 Å². The molecule has 1 atom stereocenters. The van der Waals surface area contributed by atoms with Crippen molar-refractivity contribution >= 4 is 32.8 Å². The fraction of sp³-hybridized carbons (Fsp3) is 0.263. The van der Waals surface area contributed by atoms with Gasteiger partial charge in [-0.15, -0.1) is 0 Å². The van der Waals surface area contributed by atoms with Gasteiger partial charge in [-0.25, -0.2) is 18.0 Å². The predicted octanol–water partition coefficient (Wildman–Crippen LogP) is 1.74. The van der Waals surface area contributed by atoms with Crippen molar-refractivity contribution in [2.24, 2.45) is 0 Å². The molecule has 10 heteroatoms. The molecule has 1 aromatic heterocycles. The van der Waals surface area contributed by atoms with Gasteiger partial charge in [0.1, 0.15) is 5.75 Å². The first-order valence-corrected chi connectivity index (χ1v) is 10.3. The first kappa shape index (κ1) is 19.1. The quantitative estimate of drug-likeness (QED) is 0.594. The summed E-state index contributed by atoms with van der Waals surface area (Å²) in [5.41, 5.74) is 0.982. The number of rotatable bonds is 4. The Balaban J connectivity index is 1.83. The summed E-state index contributed by atoms with van der Waals surface area (Å²) in [6.07, 6.45) is -1.10. The van der Waals surface area contributed by atoms with Crippen molar-refractivity contribution in [2.75, 3.05) is 18.0 Å². The Morgan fingerprint density at radius 1 is 1.24 bits per heavy atom. The van der Waals surface area contributed by atoms with Crippen LogP contribution in [0.4, 0.5) is 5.69 Å². The van der Waals surface area contributed by atoms with Gasteiger partial charge in [-0.1, -0.05) is 12.1 Å². The monoisotopic (exact) mass is 418 g/mol. The Morgan fingerprint density at radius 3 is 2.72 bits per heavy atom. The van der Waals surface area contributed by atoms with Gasteiger partial charge in [-0.3, -0.25) is 8.87 Å². The van der Waals surface area contributed by atoms with Crippen LogP contribution in [0.3, 0.4) is 0 Å². The lowest BCUT2D eigenvalue weighted by Gasteiger charge is -2.34. The Kier molecular flexibility index (Phi) is 4.58. The summed E-state index contributed by atoms with van der Waals surface area (Å²) < 4.78 is 44.8. The second kappa shape index (κ2) is 6.96. The normalized spacial score (nSPS) is 16.3. The van der Waals surface area contributed by atoms with E-state index in [4.69, 9.17) is 13.9 Å². The minimum atomic E-state index is -4.08. The molecule has 4 rings (SSSR count). The summed E-state index contributed by atoms with van der Waals surface area (Å²) in [5, 5.41) is 0. The molecule has 0 fully saturated rings. The number of carbonyl (C=O) groups is 1. The molecule has 0 spiro atoms. The third-order valence-electron chi connectivity index (χ3n) is 4.74. The van der Waals surface area contributed by atoms with E-state index in [1.54, 1.807) is 31.2 Å². The van der Waals surface area contributed by atoms with E-state index in [0.29, 0.717) is 17.7 Å². The van der Waals surface area contributed by atoms with Crippen molar-refractivity contribution < 1.29 is 27.1 Å². The van der Waals surface area contributed by atoms with Gasteiger partial charge >= 0.3 is 11.7 Å². The van der Waals surface area contributed by atoms with Gasteiger partial charge < -0.3 is 13.9 Å².